The Morgan fingerprint density at radius 1 is 1.23 bits per heavy atom. The molecule has 134 valence electrons. The van der Waals surface area contributed by atoms with Crippen molar-refractivity contribution in [2.45, 2.75) is 19.8 Å². The standard InChI is InChI=1S/C19H18ClN3O2S/c1-2-12-3-6-14(7-4-12)21-19-22-15(11-26-19)10-18(25)23-16-9-13(20)5-8-17(16)24/h3-9,11,24H,2,10H2,1H3,(H,21,22)(H,23,25). The van der Waals surface area contributed by atoms with E-state index in [0.29, 0.717) is 10.7 Å². The van der Waals surface area contributed by atoms with Gasteiger partial charge in [0, 0.05) is 16.1 Å². The summed E-state index contributed by atoms with van der Waals surface area (Å²) in [6.07, 6.45) is 1.11. The van der Waals surface area contributed by atoms with Crippen LogP contribution in [-0.2, 0) is 17.6 Å². The first-order valence-corrected chi connectivity index (χ1v) is 9.38. The molecule has 1 heterocycles. The monoisotopic (exact) mass is 387 g/mol. The minimum atomic E-state index is -0.272. The van der Waals surface area contributed by atoms with Gasteiger partial charge in [-0.15, -0.1) is 11.3 Å². The predicted octanol–water partition coefficient (Wildman–Crippen LogP) is 4.99. The highest BCUT2D eigenvalue weighted by Gasteiger charge is 2.11. The summed E-state index contributed by atoms with van der Waals surface area (Å²) in [7, 11) is 0. The number of phenols is 1. The largest absolute Gasteiger partial charge is 0.506 e. The number of anilines is 3. The number of aromatic hydroxyl groups is 1. The second kappa shape index (κ2) is 8.21. The molecule has 3 N–H and O–H groups in total. The van der Waals surface area contributed by atoms with Crippen molar-refractivity contribution in [3.05, 3.63) is 64.1 Å². The fraction of sp³-hybridized carbons (Fsp3) is 0.158. The maximum atomic E-state index is 12.2. The van der Waals surface area contributed by atoms with Crippen molar-refractivity contribution in [3.63, 3.8) is 0 Å². The molecule has 7 heteroatoms. The Balaban J connectivity index is 1.60. The Kier molecular flexibility index (Phi) is 5.75. The van der Waals surface area contributed by atoms with E-state index in [1.54, 1.807) is 6.07 Å². The van der Waals surface area contributed by atoms with Gasteiger partial charge < -0.3 is 15.7 Å². The molecule has 0 bridgehead atoms. The molecule has 0 aliphatic heterocycles. The summed E-state index contributed by atoms with van der Waals surface area (Å²) < 4.78 is 0. The van der Waals surface area contributed by atoms with Gasteiger partial charge in [-0.1, -0.05) is 30.7 Å². The number of nitrogens with one attached hydrogen (secondary N) is 2. The molecule has 3 rings (SSSR count). The summed E-state index contributed by atoms with van der Waals surface area (Å²) in [5.41, 5.74) is 3.17. The van der Waals surface area contributed by atoms with E-state index in [-0.39, 0.29) is 23.8 Å². The number of halogens is 1. The number of phenolic OH excluding ortho intramolecular Hbond substituents is 1. The lowest BCUT2D eigenvalue weighted by molar-refractivity contribution is -0.115. The zero-order valence-electron chi connectivity index (χ0n) is 14.1. The number of nitrogens with zero attached hydrogens (tertiary/aromatic N) is 1. The summed E-state index contributed by atoms with van der Waals surface area (Å²) in [5.74, 6) is -0.300. The minimum Gasteiger partial charge on any atom is -0.506 e. The van der Waals surface area contributed by atoms with Crippen LogP contribution in [0.5, 0.6) is 5.75 Å². The van der Waals surface area contributed by atoms with Crippen molar-refractivity contribution >= 4 is 45.4 Å². The molecule has 0 saturated heterocycles. The van der Waals surface area contributed by atoms with Crippen LogP contribution in [0.1, 0.15) is 18.2 Å². The molecule has 0 unspecified atom stereocenters. The van der Waals surface area contributed by atoms with Gasteiger partial charge in [-0.2, -0.15) is 0 Å². The Labute approximate surface area is 160 Å². The molecule has 0 saturated carbocycles. The van der Waals surface area contributed by atoms with E-state index in [2.05, 4.69) is 34.7 Å². The molecule has 1 amide bonds. The highest BCUT2D eigenvalue weighted by atomic mass is 35.5. The van der Waals surface area contributed by atoms with Crippen molar-refractivity contribution in [1.82, 2.24) is 4.98 Å². The first kappa shape index (κ1) is 18.2. The van der Waals surface area contributed by atoms with Crippen LogP contribution in [-0.4, -0.2) is 16.0 Å². The Morgan fingerprint density at radius 2 is 2.00 bits per heavy atom. The fourth-order valence-corrected chi connectivity index (χ4v) is 3.26. The number of amides is 1. The molecule has 0 fully saturated rings. The van der Waals surface area contributed by atoms with Gasteiger partial charge >= 0.3 is 0 Å². The second-order valence-electron chi connectivity index (χ2n) is 5.71. The van der Waals surface area contributed by atoms with E-state index in [1.807, 2.05) is 17.5 Å². The second-order valence-corrected chi connectivity index (χ2v) is 7.00. The molecule has 0 radical (unpaired) electrons. The Bertz CT molecular complexity index is 909. The van der Waals surface area contributed by atoms with Crippen LogP contribution >= 0.6 is 22.9 Å². The number of hydrogen-bond acceptors (Lipinski definition) is 5. The predicted molar refractivity (Wildman–Crippen MR) is 107 cm³/mol. The molecular formula is C19H18ClN3O2S. The summed E-state index contributed by atoms with van der Waals surface area (Å²) in [6, 6.07) is 12.7. The summed E-state index contributed by atoms with van der Waals surface area (Å²) >= 11 is 7.31. The van der Waals surface area contributed by atoms with Gasteiger partial charge in [0.2, 0.25) is 5.91 Å². The Hall–Kier alpha value is -2.57. The number of carbonyl (C=O) groups is 1. The van der Waals surface area contributed by atoms with Crippen LogP contribution < -0.4 is 10.6 Å². The Morgan fingerprint density at radius 3 is 2.73 bits per heavy atom. The van der Waals surface area contributed by atoms with E-state index < -0.39 is 0 Å². The third-order valence-corrected chi connectivity index (χ3v) is 4.78. The van der Waals surface area contributed by atoms with E-state index >= 15 is 0 Å². The molecule has 2 aromatic carbocycles. The van der Waals surface area contributed by atoms with Gasteiger partial charge in [-0.05, 0) is 42.3 Å². The highest BCUT2D eigenvalue weighted by Crippen LogP contribution is 2.27. The maximum Gasteiger partial charge on any atom is 0.230 e. The van der Waals surface area contributed by atoms with Gasteiger partial charge in [0.05, 0.1) is 17.8 Å². The lowest BCUT2D eigenvalue weighted by Gasteiger charge is -2.07. The third kappa shape index (κ3) is 4.74. The van der Waals surface area contributed by atoms with Gasteiger partial charge in [0.15, 0.2) is 5.13 Å². The van der Waals surface area contributed by atoms with Crippen molar-refractivity contribution in [1.29, 1.82) is 0 Å². The number of aromatic nitrogens is 1. The number of hydrogen-bond donors (Lipinski definition) is 3. The zero-order chi connectivity index (χ0) is 18.5. The van der Waals surface area contributed by atoms with E-state index in [0.717, 1.165) is 17.2 Å². The first-order valence-electron chi connectivity index (χ1n) is 8.12. The molecule has 3 aromatic rings. The minimum absolute atomic E-state index is 0.0288. The van der Waals surface area contributed by atoms with Gasteiger partial charge in [0.1, 0.15) is 5.75 Å². The molecule has 5 nitrogen and oxygen atoms in total. The number of benzene rings is 2. The molecule has 0 aliphatic carbocycles. The van der Waals surface area contributed by atoms with Crippen LogP contribution in [0.4, 0.5) is 16.5 Å². The van der Waals surface area contributed by atoms with Crippen LogP contribution in [0.25, 0.3) is 0 Å². The first-order chi connectivity index (χ1) is 12.5. The van der Waals surface area contributed by atoms with Crippen LogP contribution in [0.15, 0.2) is 47.8 Å². The lowest BCUT2D eigenvalue weighted by atomic mass is 10.1. The SMILES string of the molecule is CCc1ccc(Nc2nc(CC(=O)Nc3cc(Cl)ccc3O)cs2)cc1. The summed E-state index contributed by atoms with van der Waals surface area (Å²) in [5, 5.41) is 18.6. The van der Waals surface area contributed by atoms with Gasteiger partial charge in [0.25, 0.3) is 0 Å². The molecule has 0 atom stereocenters. The van der Waals surface area contributed by atoms with E-state index in [4.69, 9.17) is 11.6 Å². The summed E-state index contributed by atoms with van der Waals surface area (Å²) in [6.45, 7) is 2.11. The van der Waals surface area contributed by atoms with Gasteiger partial charge in [-0.3, -0.25) is 4.79 Å². The number of rotatable bonds is 6. The molecule has 1 aromatic heterocycles. The fourth-order valence-electron chi connectivity index (χ4n) is 2.36. The molecular weight excluding hydrogens is 370 g/mol. The van der Waals surface area contributed by atoms with Crippen LogP contribution in [0, 0.1) is 0 Å². The van der Waals surface area contributed by atoms with Crippen molar-refractivity contribution in [2.75, 3.05) is 10.6 Å². The number of thiazole rings is 1. The quantitative estimate of drug-likeness (QED) is 0.521. The van der Waals surface area contributed by atoms with Crippen LogP contribution in [0.3, 0.4) is 0 Å². The molecule has 0 spiro atoms. The van der Waals surface area contributed by atoms with Crippen molar-refractivity contribution < 1.29 is 9.90 Å². The van der Waals surface area contributed by atoms with Crippen molar-refractivity contribution in [2.24, 2.45) is 0 Å². The summed E-state index contributed by atoms with van der Waals surface area (Å²) in [4.78, 5) is 16.6. The average molecular weight is 388 g/mol. The van der Waals surface area contributed by atoms with E-state index in [9.17, 15) is 9.90 Å². The smallest absolute Gasteiger partial charge is 0.230 e. The highest BCUT2D eigenvalue weighted by molar-refractivity contribution is 7.13. The normalized spacial score (nSPS) is 10.5. The zero-order valence-corrected chi connectivity index (χ0v) is 15.7. The third-order valence-electron chi connectivity index (χ3n) is 3.74. The lowest BCUT2D eigenvalue weighted by Crippen LogP contribution is -2.14. The van der Waals surface area contributed by atoms with Gasteiger partial charge in [-0.25, -0.2) is 4.98 Å². The maximum absolute atomic E-state index is 12.2. The van der Waals surface area contributed by atoms with E-state index in [1.165, 1.54) is 29.0 Å². The average Bonchev–Trinajstić information content (AvgIpc) is 3.05. The van der Waals surface area contributed by atoms with Crippen LogP contribution in [0.2, 0.25) is 5.02 Å². The number of aryl methyl sites for hydroxylation is 1. The van der Waals surface area contributed by atoms with Crippen molar-refractivity contribution in [3.8, 4) is 5.75 Å². The molecule has 26 heavy (non-hydrogen) atoms. The molecule has 0 aliphatic rings. The number of carbonyl (C=O) groups excluding carboxylic acids is 1. The topological polar surface area (TPSA) is 74.2 Å².